The van der Waals surface area contributed by atoms with Gasteiger partial charge in [0.15, 0.2) is 0 Å². The molecule has 1 fully saturated rings. The summed E-state index contributed by atoms with van der Waals surface area (Å²) in [7, 11) is -2.42. The van der Waals surface area contributed by atoms with Crippen LogP contribution >= 0.6 is 0 Å². The van der Waals surface area contributed by atoms with Crippen LogP contribution < -0.4 is 0 Å². The topological polar surface area (TPSA) is 63.7 Å². The molecule has 1 aliphatic heterocycles. The fraction of sp³-hybridized carbons (Fsp3) is 0.500. The Morgan fingerprint density at radius 3 is 2.65 bits per heavy atom. The minimum Gasteiger partial charge on any atom is -0.465 e. The summed E-state index contributed by atoms with van der Waals surface area (Å²) in [4.78, 5) is 11.8. The molecular formula is C14H19NO4S. The van der Waals surface area contributed by atoms with Crippen molar-refractivity contribution >= 4 is 16.0 Å². The first-order valence-corrected chi connectivity index (χ1v) is 8.11. The van der Waals surface area contributed by atoms with Gasteiger partial charge in [-0.15, -0.1) is 0 Å². The highest BCUT2D eigenvalue weighted by Gasteiger charge is 2.33. The molecule has 1 aromatic rings. The number of piperidine rings is 1. The van der Waals surface area contributed by atoms with Gasteiger partial charge in [-0.25, -0.2) is 13.2 Å². The second-order valence-corrected chi connectivity index (χ2v) is 6.81. The van der Waals surface area contributed by atoms with E-state index in [4.69, 9.17) is 0 Å². The molecule has 1 aromatic carbocycles. The van der Waals surface area contributed by atoms with Crippen LogP contribution in [0.4, 0.5) is 0 Å². The van der Waals surface area contributed by atoms with Crippen LogP contribution in [0.15, 0.2) is 29.2 Å². The third kappa shape index (κ3) is 2.71. The molecule has 1 atom stereocenters. The van der Waals surface area contributed by atoms with Gasteiger partial charge in [0.2, 0.25) is 10.0 Å². The van der Waals surface area contributed by atoms with Gasteiger partial charge in [0.25, 0.3) is 0 Å². The summed E-state index contributed by atoms with van der Waals surface area (Å²) in [6.07, 6.45) is 2.73. The van der Waals surface area contributed by atoms with E-state index in [1.165, 1.54) is 23.5 Å². The van der Waals surface area contributed by atoms with Crippen molar-refractivity contribution in [2.45, 2.75) is 37.1 Å². The second kappa shape index (κ2) is 5.93. The lowest BCUT2D eigenvalue weighted by atomic mass is 10.1. The van der Waals surface area contributed by atoms with Gasteiger partial charge >= 0.3 is 5.97 Å². The van der Waals surface area contributed by atoms with Gasteiger partial charge in [0, 0.05) is 12.6 Å². The number of rotatable bonds is 3. The minimum absolute atomic E-state index is 0.0283. The number of hydrogen-bond acceptors (Lipinski definition) is 4. The lowest BCUT2D eigenvalue weighted by molar-refractivity contribution is 0.0596. The van der Waals surface area contributed by atoms with E-state index in [0.29, 0.717) is 6.54 Å². The van der Waals surface area contributed by atoms with Crippen molar-refractivity contribution < 1.29 is 17.9 Å². The van der Waals surface area contributed by atoms with Gasteiger partial charge in [-0.1, -0.05) is 18.6 Å². The Morgan fingerprint density at radius 2 is 2.00 bits per heavy atom. The summed E-state index contributed by atoms with van der Waals surface area (Å²) in [6, 6.07) is 6.15. The van der Waals surface area contributed by atoms with E-state index in [0.717, 1.165) is 19.3 Å². The SMILES string of the molecule is COC(=O)c1ccccc1S(=O)(=O)N1CCCC[C@H]1C. The van der Waals surface area contributed by atoms with Crippen LogP contribution in [0.3, 0.4) is 0 Å². The van der Waals surface area contributed by atoms with Crippen LogP contribution in [-0.4, -0.2) is 38.4 Å². The first-order chi connectivity index (χ1) is 9.48. The Morgan fingerprint density at radius 1 is 1.30 bits per heavy atom. The second-order valence-electron chi connectivity index (χ2n) is 4.95. The van der Waals surface area contributed by atoms with Crippen molar-refractivity contribution in [1.29, 1.82) is 0 Å². The molecule has 0 unspecified atom stereocenters. The van der Waals surface area contributed by atoms with Gasteiger partial charge in [-0.2, -0.15) is 4.31 Å². The number of nitrogens with zero attached hydrogens (tertiary/aromatic N) is 1. The molecule has 110 valence electrons. The van der Waals surface area contributed by atoms with Crippen LogP contribution in [-0.2, 0) is 14.8 Å². The van der Waals surface area contributed by atoms with Crippen LogP contribution in [0.25, 0.3) is 0 Å². The van der Waals surface area contributed by atoms with Crippen molar-refractivity contribution in [2.75, 3.05) is 13.7 Å². The maximum absolute atomic E-state index is 12.8. The standard InChI is InChI=1S/C14H19NO4S/c1-11-7-5-6-10-15(11)20(17,18)13-9-4-3-8-12(13)14(16)19-2/h3-4,8-9,11H,5-7,10H2,1-2H3/t11-/m1/s1. The third-order valence-electron chi connectivity index (χ3n) is 3.62. The van der Waals surface area contributed by atoms with Crippen molar-refractivity contribution in [1.82, 2.24) is 4.31 Å². The van der Waals surface area contributed by atoms with Crippen molar-refractivity contribution in [3.8, 4) is 0 Å². The summed E-state index contributed by atoms with van der Waals surface area (Å²) in [5.41, 5.74) is 0.0905. The maximum Gasteiger partial charge on any atom is 0.339 e. The molecule has 0 radical (unpaired) electrons. The van der Waals surface area contributed by atoms with Crippen LogP contribution in [0.1, 0.15) is 36.5 Å². The fourth-order valence-corrected chi connectivity index (χ4v) is 4.41. The first-order valence-electron chi connectivity index (χ1n) is 6.67. The average Bonchev–Trinajstić information content (AvgIpc) is 2.46. The Balaban J connectivity index is 2.46. The van der Waals surface area contributed by atoms with E-state index in [1.807, 2.05) is 6.92 Å². The zero-order valence-electron chi connectivity index (χ0n) is 11.7. The summed E-state index contributed by atoms with van der Waals surface area (Å²) in [6.45, 7) is 2.40. The molecule has 0 aliphatic carbocycles. The summed E-state index contributed by atoms with van der Waals surface area (Å²) in [5, 5.41) is 0. The van der Waals surface area contributed by atoms with Gasteiger partial charge in [-0.3, -0.25) is 0 Å². The van der Waals surface area contributed by atoms with Gasteiger partial charge < -0.3 is 4.74 Å². The molecule has 6 heteroatoms. The van der Waals surface area contributed by atoms with E-state index in [9.17, 15) is 13.2 Å². The molecule has 1 heterocycles. The van der Waals surface area contributed by atoms with Crippen molar-refractivity contribution in [3.63, 3.8) is 0 Å². The number of carbonyl (C=O) groups is 1. The van der Waals surface area contributed by atoms with Gasteiger partial charge in [-0.05, 0) is 31.9 Å². The first kappa shape index (κ1) is 15.0. The lowest BCUT2D eigenvalue weighted by Gasteiger charge is -2.32. The highest BCUT2D eigenvalue weighted by Crippen LogP contribution is 2.27. The smallest absolute Gasteiger partial charge is 0.339 e. The van der Waals surface area contributed by atoms with E-state index in [-0.39, 0.29) is 16.5 Å². The molecule has 2 rings (SSSR count). The van der Waals surface area contributed by atoms with E-state index < -0.39 is 16.0 Å². The van der Waals surface area contributed by atoms with Crippen LogP contribution in [0.2, 0.25) is 0 Å². The zero-order valence-corrected chi connectivity index (χ0v) is 12.5. The molecule has 0 N–H and O–H groups in total. The Kier molecular flexibility index (Phi) is 4.45. The predicted molar refractivity (Wildman–Crippen MR) is 75.0 cm³/mol. The number of benzene rings is 1. The number of carbonyl (C=O) groups excluding carboxylic acids is 1. The maximum atomic E-state index is 12.8. The van der Waals surface area contributed by atoms with E-state index in [2.05, 4.69) is 4.74 Å². The molecule has 5 nitrogen and oxygen atoms in total. The van der Waals surface area contributed by atoms with Crippen molar-refractivity contribution in [3.05, 3.63) is 29.8 Å². The molecule has 0 saturated carbocycles. The normalized spacial score (nSPS) is 20.6. The quantitative estimate of drug-likeness (QED) is 0.801. The highest BCUT2D eigenvalue weighted by molar-refractivity contribution is 7.89. The van der Waals surface area contributed by atoms with Crippen LogP contribution in [0.5, 0.6) is 0 Å². The van der Waals surface area contributed by atoms with Gasteiger partial charge in [0.05, 0.1) is 17.6 Å². The van der Waals surface area contributed by atoms with Gasteiger partial charge in [0.1, 0.15) is 0 Å². The Hall–Kier alpha value is -1.40. The minimum atomic E-state index is -3.66. The largest absolute Gasteiger partial charge is 0.465 e. The predicted octanol–water partition coefficient (Wildman–Crippen LogP) is 2.04. The number of esters is 1. The molecule has 1 aliphatic rings. The summed E-state index contributed by atoms with van der Waals surface area (Å²) in [5.74, 6) is -0.631. The highest BCUT2D eigenvalue weighted by atomic mass is 32.2. The zero-order chi connectivity index (χ0) is 14.8. The number of sulfonamides is 1. The van der Waals surface area contributed by atoms with E-state index in [1.54, 1.807) is 12.1 Å². The summed E-state index contributed by atoms with van der Waals surface area (Å²) >= 11 is 0. The third-order valence-corrected chi connectivity index (χ3v) is 5.69. The van der Waals surface area contributed by atoms with Crippen molar-refractivity contribution in [2.24, 2.45) is 0 Å². The molecule has 0 spiro atoms. The molecule has 0 amide bonds. The molecule has 0 aromatic heterocycles. The molecular weight excluding hydrogens is 278 g/mol. The lowest BCUT2D eigenvalue weighted by Crippen LogP contribution is -2.42. The number of ether oxygens (including phenoxy) is 1. The van der Waals surface area contributed by atoms with Crippen LogP contribution in [0, 0.1) is 0 Å². The monoisotopic (exact) mass is 297 g/mol. The molecule has 20 heavy (non-hydrogen) atoms. The number of hydrogen-bond donors (Lipinski definition) is 0. The molecule has 0 bridgehead atoms. The number of methoxy groups -OCH3 is 1. The Labute approximate surface area is 119 Å². The van der Waals surface area contributed by atoms with E-state index >= 15 is 0 Å². The molecule has 1 saturated heterocycles. The fourth-order valence-electron chi connectivity index (χ4n) is 2.53. The summed E-state index contributed by atoms with van der Waals surface area (Å²) < 4.78 is 31.7. The average molecular weight is 297 g/mol. The Bertz CT molecular complexity index is 597.